The zero-order valence-corrected chi connectivity index (χ0v) is 16.2. The summed E-state index contributed by atoms with van der Waals surface area (Å²) in [5.74, 6) is 1.62. The smallest absolute Gasteiger partial charge is 0.127 e. The Bertz CT molecular complexity index is 688. The van der Waals surface area contributed by atoms with Gasteiger partial charge in [0, 0.05) is 5.56 Å². The van der Waals surface area contributed by atoms with Gasteiger partial charge in [-0.25, -0.2) is 4.39 Å². The number of hydrogen-bond donors (Lipinski definition) is 0. The minimum absolute atomic E-state index is 0.131. The van der Waals surface area contributed by atoms with Gasteiger partial charge in [0.25, 0.3) is 0 Å². The summed E-state index contributed by atoms with van der Waals surface area (Å²) in [6.45, 7) is 4.48. The van der Waals surface area contributed by atoms with Gasteiger partial charge in [-0.05, 0) is 61.3 Å². The molecule has 2 nitrogen and oxygen atoms in total. The fourth-order valence-corrected chi connectivity index (χ4v) is 3.89. The number of rotatable bonds is 7. The molecule has 1 saturated carbocycles. The fraction of sp³-hybridized carbons (Fsp3) is 0.565. The third-order valence-electron chi connectivity index (χ3n) is 5.81. The summed E-state index contributed by atoms with van der Waals surface area (Å²) >= 11 is 0. The monoisotopic (exact) mass is 354 g/mol. The Morgan fingerprint density at radius 2 is 1.81 bits per heavy atom. The van der Waals surface area contributed by atoms with Crippen molar-refractivity contribution in [3.05, 3.63) is 47.4 Å². The molecule has 1 fully saturated rings. The first-order valence-corrected chi connectivity index (χ1v) is 10.3. The summed E-state index contributed by atoms with van der Waals surface area (Å²) in [6.07, 6.45) is 10.6. The van der Waals surface area contributed by atoms with Gasteiger partial charge in [0.15, 0.2) is 0 Å². The summed E-state index contributed by atoms with van der Waals surface area (Å²) in [5.41, 5.74) is 3.40. The zero-order chi connectivity index (χ0) is 18.4. The van der Waals surface area contributed by atoms with E-state index in [1.54, 1.807) is 6.07 Å². The van der Waals surface area contributed by atoms with Crippen molar-refractivity contribution in [1.82, 2.24) is 10.2 Å². The van der Waals surface area contributed by atoms with E-state index in [9.17, 15) is 4.39 Å². The van der Waals surface area contributed by atoms with Crippen molar-refractivity contribution in [3.63, 3.8) is 0 Å². The number of halogens is 1. The second kappa shape index (κ2) is 9.25. The molecule has 1 aliphatic carbocycles. The molecule has 0 unspecified atom stereocenters. The predicted molar refractivity (Wildman–Crippen MR) is 105 cm³/mol. The van der Waals surface area contributed by atoms with Crippen LogP contribution in [0.3, 0.4) is 0 Å². The van der Waals surface area contributed by atoms with Crippen LogP contribution in [0.5, 0.6) is 0 Å². The second-order valence-corrected chi connectivity index (χ2v) is 7.98. The van der Waals surface area contributed by atoms with E-state index < -0.39 is 0 Å². The van der Waals surface area contributed by atoms with E-state index in [2.05, 4.69) is 30.1 Å². The molecule has 0 amide bonds. The molecule has 0 radical (unpaired) electrons. The maximum absolute atomic E-state index is 14.2. The van der Waals surface area contributed by atoms with E-state index >= 15 is 0 Å². The molecule has 1 aliphatic rings. The molecule has 26 heavy (non-hydrogen) atoms. The zero-order valence-electron chi connectivity index (χ0n) is 16.2. The van der Waals surface area contributed by atoms with Crippen molar-refractivity contribution < 1.29 is 4.39 Å². The Morgan fingerprint density at radius 3 is 2.46 bits per heavy atom. The Labute approximate surface area is 157 Å². The van der Waals surface area contributed by atoms with Gasteiger partial charge >= 0.3 is 0 Å². The summed E-state index contributed by atoms with van der Waals surface area (Å²) in [6, 6.07) is 9.47. The quantitative estimate of drug-likeness (QED) is 0.576. The third-order valence-corrected chi connectivity index (χ3v) is 5.81. The van der Waals surface area contributed by atoms with Crippen molar-refractivity contribution >= 4 is 0 Å². The van der Waals surface area contributed by atoms with Crippen LogP contribution >= 0.6 is 0 Å². The van der Waals surface area contributed by atoms with E-state index in [1.165, 1.54) is 32.1 Å². The van der Waals surface area contributed by atoms with Gasteiger partial charge in [-0.1, -0.05) is 58.1 Å². The van der Waals surface area contributed by atoms with Crippen molar-refractivity contribution in [1.29, 1.82) is 0 Å². The summed E-state index contributed by atoms with van der Waals surface area (Å²) in [7, 11) is 0. The van der Waals surface area contributed by atoms with Gasteiger partial charge in [-0.3, -0.25) is 0 Å². The summed E-state index contributed by atoms with van der Waals surface area (Å²) < 4.78 is 14.2. The predicted octanol–water partition coefficient (Wildman–Crippen LogP) is 6.38. The molecule has 0 N–H and O–H groups in total. The molecule has 0 bridgehead atoms. The van der Waals surface area contributed by atoms with Crippen molar-refractivity contribution in [2.75, 3.05) is 0 Å². The lowest BCUT2D eigenvalue weighted by molar-refractivity contribution is 0.277. The highest BCUT2D eigenvalue weighted by Crippen LogP contribution is 2.31. The lowest BCUT2D eigenvalue weighted by atomic mass is 9.81. The SMILES string of the molecule is CCCCc1ccc(-c2ccc(CCC3CCC(C)CC3)nn2)cc1F. The van der Waals surface area contributed by atoms with Gasteiger partial charge in [0.2, 0.25) is 0 Å². The van der Waals surface area contributed by atoms with Crippen molar-refractivity contribution in [2.45, 2.75) is 71.6 Å². The van der Waals surface area contributed by atoms with Gasteiger partial charge < -0.3 is 0 Å². The second-order valence-electron chi connectivity index (χ2n) is 7.98. The van der Waals surface area contributed by atoms with Crippen molar-refractivity contribution in [2.24, 2.45) is 11.8 Å². The first-order valence-electron chi connectivity index (χ1n) is 10.3. The highest BCUT2D eigenvalue weighted by molar-refractivity contribution is 5.59. The van der Waals surface area contributed by atoms with Crippen LogP contribution in [0.25, 0.3) is 11.3 Å². The molecule has 0 aliphatic heterocycles. The van der Waals surface area contributed by atoms with E-state index in [0.29, 0.717) is 0 Å². The topological polar surface area (TPSA) is 25.8 Å². The molecule has 1 aromatic heterocycles. The molecular formula is C23H31FN2. The van der Waals surface area contributed by atoms with Crippen molar-refractivity contribution in [3.8, 4) is 11.3 Å². The number of nitrogens with zero attached hydrogens (tertiary/aromatic N) is 2. The van der Waals surface area contributed by atoms with Crippen LogP contribution in [0.15, 0.2) is 30.3 Å². The molecule has 3 rings (SSSR count). The largest absolute Gasteiger partial charge is 0.207 e. The maximum Gasteiger partial charge on any atom is 0.127 e. The first-order chi connectivity index (χ1) is 12.7. The highest BCUT2D eigenvalue weighted by Gasteiger charge is 2.18. The van der Waals surface area contributed by atoms with Gasteiger partial charge in [-0.15, -0.1) is 0 Å². The third kappa shape index (κ3) is 5.12. The number of unbranched alkanes of at least 4 members (excludes halogenated alkanes) is 1. The first kappa shape index (κ1) is 19.0. The molecule has 1 aromatic carbocycles. The number of hydrogen-bond acceptors (Lipinski definition) is 2. The average Bonchev–Trinajstić information content (AvgIpc) is 2.67. The van der Waals surface area contributed by atoms with Crippen LogP contribution in [0.1, 0.15) is 70.1 Å². The molecule has 2 aromatic rings. The Morgan fingerprint density at radius 1 is 1.00 bits per heavy atom. The van der Waals surface area contributed by atoms with E-state index in [0.717, 1.165) is 60.0 Å². The minimum atomic E-state index is -0.131. The Hall–Kier alpha value is -1.77. The highest BCUT2D eigenvalue weighted by atomic mass is 19.1. The maximum atomic E-state index is 14.2. The normalized spacial score (nSPS) is 20.3. The molecule has 0 saturated heterocycles. The molecule has 0 atom stereocenters. The standard InChI is InChI=1S/C23H31FN2/c1-3-4-5-19-11-12-20(16-22(19)24)23-15-14-21(25-26-23)13-10-18-8-6-17(2)7-9-18/h11-12,14-18H,3-10,13H2,1-2H3. The lowest BCUT2D eigenvalue weighted by Crippen LogP contribution is -2.13. The van der Waals surface area contributed by atoms with Gasteiger partial charge in [-0.2, -0.15) is 10.2 Å². The Balaban J connectivity index is 1.58. The van der Waals surface area contributed by atoms with Crippen LogP contribution in [0, 0.1) is 17.7 Å². The molecule has 1 heterocycles. The molecule has 0 spiro atoms. The lowest BCUT2D eigenvalue weighted by Gasteiger charge is -2.25. The average molecular weight is 355 g/mol. The van der Waals surface area contributed by atoms with Gasteiger partial charge in [0.05, 0.1) is 11.4 Å². The van der Waals surface area contributed by atoms with Gasteiger partial charge in [0.1, 0.15) is 5.82 Å². The Kier molecular flexibility index (Phi) is 6.76. The molecular weight excluding hydrogens is 323 g/mol. The minimum Gasteiger partial charge on any atom is -0.207 e. The van der Waals surface area contributed by atoms with Crippen LogP contribution in [-0.4, -0.2) is 10.2 Å². The summed E-state index contributed by atoms with van der Waals surface area (Å²) in [5, 5.41) is 8.72. The number of benzene rings is 1. The molecule has 140 valence electrons. The van der Waals surface area contributed by atoms with Crippen LogP contribution in [-0.2, 0) is 12.8 Å². The van der Waals surface area contributed by atoms with E-state index in [4.69, 9.17) is 0 Å². The van der Waals surface area contributed by atoms with Crippen LogP contribution in [0.2, 0.25) is 0 Å². The molecule has 3 heteroatoms. The number of aromatic nitrogens is 2. The van der Waals surface area contributed by atoms with E-state index in [1.807, 2.05) is 18.2 Å². The van der Waals surface area contributed by atoms with E-state index in [-0.39, 0.29) is 5.82 Å². The summed E-state index contributed by atoms with van der Waals surface area (Å²) in [4.78, 5) is 0. The van der Waals surface area contributed by atoms with Crippen LogP contribution in [0.4, 0.5) is 4.39 Å². The fourth-order valence-electron chi connectivity index (χ4n) is 3.89. The van der Waals surface area contributed by atoms with Crippen LogP contribution < -0.4 is 0 Å². The number of aryl methyl sites for hydroxylation is 2.